The molecule has 2 heterocycles. The zero-order chi connectivity index (χ0) is 11.8. The van der Waals surface area contributed by atoms with Crippen LogP contribution in [0.5, 0.6) is 0 Å². The standard InChI is InChI=1S/C13H17N3S/c14-13(17)9-4-5-15-12(6-9)16-7-10-2-1-3-11(10)8-16/h4-6,10-11H,1-3,7-8H2,(H2,14,17). The highest BCUT2D eigenvalue weighted by Gasteiger charge is 2.36. The van der Waals surface area contributed by atoms with Gasteiger partial charge in [-0.15, -0.1) is 0 Å². The van der Waals surface area contributed by atoms with Gasteiger partial charge in [-0.25, -0.2) is 4.98 Å². The highest BCUT2D eigenvalue weighted by Crippen LogP contribution is 2.39. The van der Waals surface area contributed by atoms with Crippen molar-refractivity contribution in [2.24, 2.45) is 17.6 Å². The second-order valence-corrected chi connectivity index (χ2v) is 5.56. The quantitative estimate of drug-likeness (QED) is 0.811. The maximum atomic E-state index is 5.66. The van der Waals surface area contributed by atoms with Gasteiger partial charge in [-0.3, -0.25) is 0 Å². The predicted molar refractivity (Wildman–Crippen MR) is 73.2 cm³/mol. The summed E-state index contributed by atoms with van der Waals surface area (Å²) >= 11 is 5.01. The van der Waals surface area contributed by atoms with E-state index in [1.54, 1.807) is 6.20 Å². The van der Waals surface area contributed by atoms with E-state index in [4.69, 9.17) is 18.0 Å². The summed E-state index contributed by atoms with van der Waals surface area (Å²) in [6.45, 7) is 2.30. The Kier molecular flexibility index (Phi) is 2.74. The maximum Gasteiger partial charge on any atom is 0.129 e. The van der Waals surface area contributed by atoms with Crippen molar-refractivity contribution < 1.29 is 0 Å². The minimum Gasteiger partial charge on any atom is -0.389 e. The number of fused-ring (bicyclic) bond motifs is 1. The number of hydrogen-bond acceptors (Lipinski definition) is 3. The second-order valence-electron chi connectivity index (χ2n) is 5.12. The molecular weight excluding hydrogens is 230 g/mol. The summed E-state index contributed by atoms with van der Waals surface area (Å²) in [6.07, 6.45) is 5.98. The molecule has 0 amide bonds. The summed E-state index contributed by atoms with van der Waals surface area (Å²) < 4.78 is 0. The lowest BCUT2D eigenvalue weighted by Gasteiger charge is -2.18. The van der Waals surface area contributed by atoms with E-state index in [9.17, 15) is 0 Å². The molecule has 1 aliphatic carbocycles. The van der Waals surface area contributed by atoms with Crippen molar-refractivity contribution in [3.8, 4) is 0 Å². The summed E-state index contributed by atoms with van der Waals surface area (Å²) in [5, 5.41) is 0. The molecule has 3 nitrogen and oxygen atoms in total. The van der Waals surface area contributed by atoms with Crippen LogP contribution in [0.15, 0.2) is 18.3 Å². The molecular formula is C13H17N3S. The van der Waals surface area contributed by atoms with Crippen molar-refractivity contribution in [3.05, 3.63) is 23.9 Å². The fraction of sp³-hybridized carbons (Fsp3) is 0.538. The van der Waals surface area contributed by atoms with Crippen LogP contribution in [0, 0.1) is 11.8 Å². The molecule has 0 aromatic carbocycles. The molecule has 17 heavy (non-hydrogen) atoms. The Bertz CT molecular complexity index is 434. The molecule has 90 valence electrons. The van der Waals surface area contributed by atoms with Gasteiger partial charge in [-0.2, -0.15) is 0 Å². The monoisotopic (exact) mass is 247 g/mol. The van der Waals surface area contributed by atoms with Crippen molar-refractivity contribution in [2.45, 2.75) is 19.3 Å². The smallest absolute Gasteiger partial charge is 0.129 e. The first-order valence-corrected chi connectivity index (χ1v) is 6.65. The first-order chi connectivity index (χ1) is 8.24. The average Bonchev–Trinajstić information content (AvgIpc) is 2.89. The highest BCUT2D eigenvalue weighted by atomic mass is 32.1. The first-order valence-electron chi connectivity index (χ1n) is 6.25. The number of anilines is 1. The number of hydrogen-bond donors (Lipinski definition) is 1. The van der Waals surface area contributed by atoms with Crippen LogP contribution in [-0.2, 0) is 0 Å². The van der Waals surface area contributed by atoms with E-state index in [0.717, 1.165) is 36.3 Å². The van der Waals surface area contributed by atoms with Gasteiger partial charge in [-0.1, -0.05) is 18.6 Å². The molecule has 2 fully saturated rings. The number of nitrogens with zero attached hydrogens (tertiary/aromatic N) is 2. The zero-order valence-electron chi connectivity index (χ0n) is 9.80. The van der Waals surface area contributed by atoms with Crippen LogP contribution >= 0.6 is 12.2 Å². The Morgan fingerprint density at radius 2 is 2.06 bits per heavy atom. The van der Waals surface area contributed by atoms with E-state index in [0.29, 0.717) is 4.99 Å². The number of pyridine rings is 1. The van der Waals surface area contributed by atoms with E-state index in [-0.39, 0.29) is 0 Å². The minimum absolute atomic E-state index is 0.452. The van der Waals surface area contributed by atoms with Crippen LogP contribution < -0.4 is 10.6 Å². The van der Waals surface area contributed by atoms with Crippen LogP contribution in [0.3, 0.4) is 0 Å². The molecule has 1 aromatic heterocycles. The Morgan fingerprint density at radius 1 is 1.35 bits per heavy atom. The average molecular weight is 247 g/mol. The van der Waals surface area contributed by atoms with Gasteiger partial charge in [0.15, 0.2) is 0 Å². The normalized spacial score (nSPS) is 27.2. The van der Waals surface area contributed by atoms with Gasteiger partial charge >= 0.3 is 0 Å². The van der Waals surface area contributed by atoms with Gasteiger partial charge in [-0.05, 0) is 36.8 Å². The molecule has 1 saturated heterocycles. The molecule has 2 aliphatic rings. The lowest BCUT2D eigenvalue weighted by molar-refractivity contribution is 0.494. The van der Waals surface area contributed by atoms with E-state index in [1.807, 2.05) is 12.1 Å². The molecule has 2 unspecified atom stereocenters. The molecule has 1 aromatic rings. The molecule has 2 N–H and O–H groups in total. The van der Waals surface area contributed by atoms with Crippen molar-refractivity contribution in [1.82, 2.24) is 4.98 Å². The molecule has 0 spiro atoms. The zero-order valence-corrected chi connectivity index (χ0v) is 10.6. The van der Waals surface area contributed by atoms with E-state index in [1.165, 1.54) is 19.3 Å². The molecule has 0 radical (unpaired) electrons. The number of rotatable bonds is 2. The fourth-order valence-corrected chi connectivity index (χ4v) is 3.29. The molecule has 3 rings (SSSR count). The second kappa shape index (κ2) is 4.26. The van der Waals surface area contributed by atoms with Crippen LogP contribution in [0.25, 0.3) is 0 Å². The molecule has 2 atom stereocenters. The minimum atomic E-state index is 0.452. The Balaban J connectivity index is 1.81. The third kappa shape index (κ3) is 2.02. The summed E-state index contributed by atoms with van der Waals surface area (Å²) in [6, 6.07) is 3.89. The first kappa shape index (κ1) is 11.0. The Labute approximate surface area is 107 Å². The maximum absolute atomic E-state index is 5.66. The lowest BCUT2D eigenvalue weighted by Crippen LogP contribution is -2.22. The van der Waals surface area contributed by atoms with Gasteiger partial charge in [0.25, 0.3) is 0 Å². The third-order valence-corrected chi connectivity index (χ3v) is 4.32. The number of thiocarbonyl (C=S) groups is 1. The SMILES string of the molecule is NC(=S)c1ccnc(N2CC3CCCC3C2)c1. The predicted octanol–water partition coefficient (Wildman–Crippen LogP) is 1.95. The molecule has 1 aliphatic heterocycles. The van der Waals surface area contributed by atoms with E-state index < -0.39 is 0 Å². The largest absolute Gasteiger partial charge is 0.389 e. The lowest BCUT2D eigenvalue weighted by atomic mass is 10.0. The van der Waals surface area contributed by atoms with Crippen molar-refractivity contribution >= 4 is 23.0 Å². The molecule has 4 heteroatoms. The summed E-state index contributed by atoms with van der Waals surface area (Å²) in [5.41, 5.74) is 6.58. The van der Waals surface area contributed by atoms with Gasteiger partial charge in [0.1, 0.15) is 10.8 Å². The Hall–Kier alpha value is -1.16. The van der Waals surface area contributed by atoms with Crippen molar-refractivity contribution in [3.63, 3.8) is 0 Å². The fourth-order valence-electron chi connectivity index (χ4n) is 3.17. The van der Waals surface area contributed by atoms with Crippen molar-refractivity contribution in [2.75, 3.05) is 18.0 Å². The summed E-state index contributed by atoms with van der Waals surface area (Å²) in [4.78, 5) is 7.28. The van der Waals surface area contributed by atoms with Crippen LogP contribution in [-0.4, -0.2) is 23.1 Å². The summed E-state index contributed by atoms with van der Waals surface area (Å²) in [7, 11) is 0. The summed E-state index contributed by atoms with van der Waals surface area (Å²) in [5.74, 6) is 2.79. The topological polar surface area (TPSA) is 42.1 Å². The van der Waals surface area contributed by atoms with E-state index in [2.05, 4.69) is 9.88 Å². The highest BCUT2D eigenvalue weighted by molar-refractivity contribution is 7.80. The Morgan fingerprint density at radius 3 is 2.71 bits per heavy atom. The van der Waals surface area contributed by atoms with Crippen LogP contribution in [0.4, 0.5) is 5.82 Å². The van der Waals surface area contributed by atoms with Crippen LogP contribution in [0.2, 0.25) is 0 Å². The molecule has 1 saturated carbocycles. The molecule has 0 bridgehead atoms. The van der Waals surface area contributed by atoms with Gasteiger partial charge < -0.3 is 10.6 Å². The van der Waals surface area contributed by atoms with Gasteiger partial charge in [0.05, 0.1) is 0 Å². The van der Waals surface area contributed by atoms with Crippen LogP contribution in [0.1, 0.15) is 24.8 Å². The van der Waals surface area contributed by atoms with Gasteiger partial charge in [0, 0.05) is 24.8 Å². The van der Waals surface area contributed by atoms with Gasteiger partial charge in [0.2, 0.25) is 0 Å². The van der Waals surface area contributed by atoms with E-state index >= 15 is 0 Å². The number of aromatic nitrogens is 1. The number of nitrogens with two attached hydrogens (primary N) is 1. The third-order valence-electron chi connectivity index (χ3n) is 4.08. The van der Waals surface area contributed by atoms with Crippen molar-refractivity contribution in [1.29, 1.82) is 0 Å².